The first-order valence-corrected chi connectivity index (χ1v) is 5.02. The molecule has 3 heteroatoms. The van der Waals surface area contributed by atoms with Crippen LogP contribution in [-0.2, 0) is 11.2 Å². The molecule has 0 aliphatic rings. The molecule has 1 aromatic heterocycles. The molecular formula is C13H12O3. The molecule has 1 N–H and O–H groups in total. The first kappa shape index (κ1) is 10.5. The fourth-order valence-electron chi connectivity index (χ4n) is 1.60. The zero-order valence-electron chi connectivity index (χ0n) is 8.93. The SMILES string of the molecule is Cc1ccc(-c2occc2CC(=O)O)cc1. The lowest BCUT2D eigenvalue weighted by Gasteiger charge is -2.01. The Morgan fingerprint density at radius 3 is 2.56 bits per heavy atom. The van der Waals surface area contributed by atoms with Crippen LogP contribution in [-0.4, -0.2) is 11.1 Å². The zero-order valence-corrected chi connectivity index (χ0v) is 8.93. The third-order valence-corrected chi connectivity index (χ3v) is 2.40. The van der Waals surface area contributed by atoms with Gasteiger partial charge in [-0.05, 0) is 13.0 Å². The number of carboxylic acids is 1. The first-order chi connectivity index (χ1) is 7.66. The monoisotopic (exact) mass is 216 g/mol. The normalized spacial score (nSPS) is 10.3. The molecule has 0 aliphatic carbocycles. The molecule has 0 radical (unpaired) electrons. The highest BCUT2D eigenvalue weighted by Gasteiger charge is 2.11. The summed E-state index contributed by atoms with van der Waals surface area (Å²) in [5, 5.41) is 8.76. The van der Waals surface area contributed by atoms with Crippen LogP contribution in [0.25, 0.3) is 11.3 Å². The van der Waals surface area contributed by atoms with Crippen LogP contribution in [0.4, 0.5) is 0 Å². The predicted octanol–water partition coefficient (Wildman–Crippen LogP) is 2.88. The minimum Gasteiger partial charge on any atom is -0.481 e. The largest absolute Gasteiger partial charge is 0.481 e. The Bertz CT molecular complexity index is 494. The van der Waals surface area contributed by atoms with Crippen LogP contribution >= 0.6 is 0 Å². The lowest BCUT2D eigenvalue weighted by atomic mass is 10.1. The number of hydrogen-bond acceptors (Lipinski definition) is 2. The topological polar surface area (TPSA) is 50.4 Å². The summed E-state index contributed by atoms with van der Waals surface area (Å²) < 4.78 is 5.33. The quantitative estimate of drug-likeness (QED) is 0.858. The van der Waals surface area contributed by atoms with E-state index in [4.69, 9.17) is 9.52 Å². The summed E-state index contributed by atoms with van der Waals surface area (Å²) in [6, 6.07) is 9.51. The van der Waals surface area contributed by atoms with E-state index in [0.29, 0.717) is 11.3 Å². The van der Waals surface area contributed by atoms with Crippen molar-refractivity contribution in [1.29, 1.82) is 0 Å². The van der Waals surface area contributed by atoms with E-state index in [2.05, 4.69) is 0 Å². The van der Waals surface area contributed by atoms with Crippen molar-refractivity contribution in [3.05, 3.63) is 47.7 Å². The minimum atomic E-state index is -0.852. The molecule has 0 atom stereocenters. The Balaban J connectivity index is 2.36. The molecular weight excluding hydrogens is 204 g/mol. The molecule has 0 saturated heterocycles. The molecule has 1 heterocycles. The van der Waals surface area contributed by atoms with Crippen molar-refractivity contribution in [2.75, 3.05) is 0 Å². The Morgan fingerprint density at radius 2 is 1.94 bits per heavy atom. The molecule has 0 amide bonds. The summed E-state index contributed by atoms with van der Waals surface area (Å²) in [6.45, 7) is 2.00. The van der Waals surface area contributed by atoms with Crippen LogP contribution in [0.1, 0.15) is 11.1 Å². The maximum Gasteiger partial charge on any atom is 0.307 e. The number of furan rings is 1. The molecule has 0 saturated carbocycles. The van der Waals surface area contributed by atoms with E-state index < -0.39 is 5.97 Å². The van der Waals surface area contributed by atoms with E-state index in [1.165, 1.54) is 6.26 Å². The summed E-state index contributed by atoms with van der Waals surface area (Å²) in [5.41, 5.74) is 2.78. The molecule has 0 fully saturated rings. The third kappa shape index (κ3) is 2.14. The van der Waals surface area contributed by atoms with E-state index in [0.717, 1.165) is 11.1 Å². The summed E-state index contributed by atoms with van der Waals surface area (Å²) in [5.74, 6) is -0.211. The van der Waals surface area contributed by atoms with Gasteiger partial charge in [0.05, 0.1) is 12.7 Å². The van der Waals surface area contributed by atoms with E-state index in [1.807, 2.05) is 31.2 Å². The summed E-state index contributed by atoms with van der Waals surface area (Å²) >= 11 is 0. The average molecular weight is 216 g/mol. The maximum atomic E-state index is 10.7. The van der Waals surface area contributed by atoms with Crippen molar-refractivity contribution in [3.8, 4) is 11.3 Å². The Labute approximate surface area is 93.3 Å². The van der Waals surface area contributed by atoms with Crippen molar-refractivity contribution in [1.82, 2.24) is 0 Å². The van der Waals surface area contributed by atoms with Gasteiger partial charge in [-0.3, -0.25) is 4.79 Å². The molecule has 0 bridgehead atoms. The molecule has 0 unspecified atom stereocenters. The van der Waals surface area contributed by atoms with Crippen molar-refractivity contribution >= 4 is 5.97 Å². The van der Waals surface area contributed by atoms with Crippen molar-refractivity contribution in [2.45, 2.75) is 13.3 Å². The third-order valence-electron chi connectivity index (χ3n) is 2.40. The van der Waals surface area contributed by atoms with Crippen molar-refractivity contribution in [3.63, 3.8) is 0 Å². The molecule has 1 aromatic carbocycles. The van der Waals surface area contributed by atoms with Crippen molar-refractivity contribution < 1.29 is 14.3 Å². The van der Waals surface area contributed by atoms with Crippen LogP contribution in [0.15, 0.2) is 41.0 Å². The second-order valence-electron chi connectivity index (χ2n) is 3.71. The highest BCUT2D eigenvalue weighted by molar-refractivity contribution is 5.74. The maximum absolute atomic E-state index is 10.7. The highest BCUT2D eigenvalue weighted by Crippen LogP contribution is 2.25. The van der Waals surface area contributed by atoms with Crippen LogP contribution in [0.5, 0.6) is 0 Å². The van der Waals surface area contributed by atoms with Gasteiger partial charge < -0.3 is 9.52 Å². The van der Waals surface area contributed by atoms with Crippen LogP contribution in [0.3, 0.4) is 0 Å². The number of carboxylic acid groups (broad SMARTS) is 1. The van der Waals surface area contributed by atoms with Gasteiger partial charge >= 0.3 is 5.97 Å². The molecule has 16 heavy (non-hydrogen) atoms. The van der Waals surface area contributed by atoms with Gasteiger partial charge in [-0.2, -0.15) is 0 Å². The molecule has 0 aliphatic heterocycles. The van der Waals surface area contributed by atoms with E-state index in [9.17, 15) is 4.79 Å². The van der Waals surface area contributed by atoms with Gasteiger partial charge in [0.1, 0.15) is 5.76 Å². The van der Waals surface area contributed by atoms with E-state index in [1.54, 1.807) is 6.07 Å². The van der Waals surface area contributed by atoms with E-state index in [-0.39, 0.29) is 6.42 Å². The van der Waals surface area contributed by atoms with Crippen molar-refractivity contribution in [2.24, 2.45) is 0 Å². The van der Waals surface area contributed by atoms with Crippen LogP contribution in [0, 0.1) is 6.92 Å². The number of aryl methyl sites for hydroxylation is 1. The smallest absolute Gasteiger partial charge is 0.307 e. The van der Waals surface area contributed by atoms with E-state index >= 15 is 0 Å². The molecule has 0 spiro atoms. The highest BCUT2D eigenvalue weighted by atomic mass is 16.4. The number of benzene rings is 1. The van der Waals surface area contributed by atoms with Crippen LogP contribution in [0.2, 0.25) is 0 Å². The Kier molecular flexibility index (Phi) is 2.77. The summed E-state index contributed by atoms with van der Waals surface area (Å²) in [6.07, 6.45) is 1.51. The van der Waals surface area contributed by atoms with Gasteiger partial charge in [0.15, 0.2) is 0 Å². The van der Waals surface area contributed by atoms with Gasteiger partial charge in [0.25, 0.3) is 0 Å². The second kappa shape index (κ2) is 4.23. The number of hydrogen-bond donors (Lipinski definition) is 1. The van der Waals surface area contributed by atoms with Gasteiger partial charge in [-0.25, -0.2) is 0 Å². The molecule has 2 rings (SSSR count). The Morgan fingerprint density at radius 1 is 1.25 bits per heavy atom. The summed E-state index contributed by atoms with van der Waals surface area (Å²) in [4.78, 5) is 10.7. The average Bonchev–Trinajstić information content (AvgIpc) is 2.66. The summed E-state index contributed by atoms with van der Waals surface area (Å²) in [7, 11) is 0. The molecule has 82 valence electrons. The molecule has 2 aromatic rings. The fraction of sp³-hybridized carbons (Fsp3) is 0.154. The van der Waals surface area contributed by atoms with Gasteiger partial charge in [-0.1, -0.05) is 29.8 Å². The number of carbonyl (C=O) groups is 1. The Hall–Kier alpha value is -2.03. The standard InChI is InChI=1S/C13H12O3/c1-9-2-4-10(5-3-9)13-11(6-7-16-13)8-12(14)15/h2-7H,8H2,1H3,(H,14,15). The van der Waals surface area contributed by atoms with Crippen LogP contribution < -0.4 is 0 Å². The number of aliphatic carboxylic acids is 1. The van der Waals surface area contributed by atoms with Gasteiger partial charge in [0, 0.05) is 11.1 Å². The second-order valence-corrected chi connectivity index (χ2v) is 3.71. The number of rotatable bonds is 3. The molecule has 3 nitrogen and oxygen atoms in total. The predicted molar refractivity (Wildman–Crippen MR) is 60.2 cm³/mol. The lowest BCUT2D eigenvalue weighted by Crippen LogP contribution is -1.99. The lowest BCUT2D eigenvalue weighted by molar-refractivity contribution is -0.136. The zero-order chi connectivity index (χ0) is 11.5. The van der Waals surface area contributed by atoms with Gasteiger partial charge in [-0.15, -0.1) is 0 Å². The first-order valence-electron chi connectivity index (χ1n) is 5.02. The fourth-order valence-corrected chi connectivity index (χ4v) is 1.60. The van der Waals surface area contributed by atoms with Gasteiger partial charge in [0.2, 0.25) is 0 Å². The minimum absolute atomic E-state index is 0.0142.